The minimum atomic E-state index is -0.327. The second-order valence-electron chi connectivity index (χ2n) is 18.6. The van der Waals surface area contributed by atoms with Gasteiger partial charge >= 0.3 is 0 Å². The van der Waals surface area contributed by atoms with Gasteiger partial charge in [0.15, 0.2) is 5.76 Å². The molecule has 0 unspecified atom stereocenters. The van der Waals surface area contributed by atoms with Crippen LogP contribution in [-0.4, -0.2) is 87.0 Å². The number of carbonyl (C=O) groups is 4. The van der Waals surface area contributed by atoms with E-state index in [9.17, 15) is 19.2 Å². The number of hydrogen-bond acceptors (Lipinski definition) is 8. The van der Waals surface area contributed by atoms with E-state index in [1.807, 2.05) is 99.9 Å². The van der Waals surface area contributed by atoms with Gasteiger partial charge in [0.1, 0.15) is 0 Å². The Balaban J connectivity index is 0.909. The molecule has 2 aromatic carbocycles. The summed E-state index contributed by atoms with van der Waals surface area (Å²) in [6.45, 7) is 13.1. The summed E-state index contributed by atoms with van der Waals surface area (Å²) in [5, 5.41) is 6.00. The zero-order valence-electron chi connectivity index (χ0n) is 34.3. The van der Waals surface area contributed by atoms with Gasteiger partial charge in [-0.1, -0.05) is 0 Å². The van der Waals surface area contributed by atoms with Gasteiger partial charge in [-0.3, -0.25) is 19.2 Å². The first-order valence-corrected chi connectivity index (χ1v) is 20.7. The molecule has 0 bridgehead atoms. The first-order valence-electron chi connectivity index (χ1n) is 20.7. The minimum absolute atomic E-state index is 0.0907. The summed E-state index contributed by atoms with van der Waals surface area (Å²) in [7, 11) is 0. The van der Waals surface area contributed by atoms with Crippen molar-refractivity contribution in [1.29, 1.82) is 0 Å². The lowest BCUT2D eigenvalue weighted by Crippen LogP contribution is -2.38. The second-order valence-corrected chi connectivity index (χ2v) is 18.6. The Bertz CT molecular complexity index is 1770. The van der Waals surface area contributed by atoms with Crippen LogP contribution in [-0.2, 0) is 28.7 Å². The molecule has 57 heavy (non-hydrogen) atoms. The number of benzene rings is 2. The molecule has 7 rings (SSSR count). The number of ether oxygens (including phenoxy) is 2. The number of carbonyl (C=O) groups excluding carboxylic acids is 4. The highest BCUT2D eigenvalue weighted by Crippen LogP contribution is 2.37. The molecular formula is C45H59N5O7. The summed E-state index contributed by atoms with van der Waals surface area (Å²) in [6.07, 6.45) is 8.70. The zero-order chi connectivity index (χ0) is 40.5. The predicted molar refractivity (Wildman–Crippen MR) is 218 cm³/mol. The quantitative estimate of drug-likeness (QED) is 0.169. The molecule has 3 heterocycles. The largest absolute Gasteiger partial charge is 0.436 e. The topological polar surface area (TPSA) is 143 Å². The normalized spacial score (nSPS) is 22.5. The molecule has 1 aromatic heterocycles. The van der Waals surface area contributed by atoms with Crippen LogP contribution < -0.4 is 10.6 Å². The fourth-order valence-corrected chi connectivity index (χ4v) is 8.10. The van der Waals surface area contributed by atoms with Crippen molar-refractivity contribution in [2.45, 2.75) is 141 Å². The van der Waals surface area contributed by atoms with Crippen LogP contribution in [0.25, 0.3) is 22.8 Å². The Morgan fingerprint density at radius 3 is 1.47 bits per heavy atom. The van der Waals surface area contributed by atoms with Crippen molar-refractivity contribution < 1.29 is 33.1 Å². The Hall–Kier alpha value is -4.55. The summed E-state index contributed by atoms with van der Waals surface area (Å²) in [6, 6.07) is 14.3. The van der Waals surface area contributed by atoms with Gasteiger partial charge < -0.3 is 34.3 Å². The molecule has 2 aliphatic heterocycles. The van der Waals surface area contributed by atoms with Crippen LogP contribution in [0.15, 0.2) is 59.1 Å². The van der Waals surface area contributed by atoms with Crippen LogP contribution in [0.2, 0.25) is 0 Å². The number of anilines is 2. The molecule has 2 saturated heterocycles. The number of aromatic nitrogens is 1. The number of rotatable bonds is 14. The molecule has 2 saturated carbocycles. The van der Waals surface area contributed by atoms with E-state index < -0.39 is 0 Å². The van der Waals surface area contributed by atoms with Crippen molar-refractivity contribution >= 4 is 35.0 Å². The van der Waals surface area contributed by atoms with Crippen LogP contribution in [0.4, 0.5) is 11.4 Å². The third-order valence-electron chi connectivity index (χ3n) is 11.0. The first kappa shape index (κ1) is 40.6. The van der Waals surface area contributed by atoms with Crippen LogP contribution in [0.5, 0.6) is 0 Å². The lowest BCUT2D eigenvalue weighted by atomic mass is 10.1. The number of likely N-dealkylation sites (tertiary alicyclic amines) is 2. The van der Waals surface area contributed by atoms with E-state index in [1.165, 1.54) is 0 Å². The summed E-state index contributed by atoms with van der Waals surface area (Å²) < 4.78 is 18.5. The van der Waals surface area contributed by atoms with Gasteiger partial charge in [0.25, 0.3) is 0 Å². The summed E-state index contributed by atoms with van der Waals surface area (Å²) in [5.74, 6) is 1.92. The van der Waals surface area contributed by atoms with Crippen molar-refractivity contribution in [1.82, 2.24) is 14.8 Å². The van der Waals surface area contributed by atoms with Crippen LogP contribution in [0.1, 0.15) is 106 Å². The third kappa shape index (κ3) is 11.5. The van der Waals surface area contributed by atoms with Crippen LogP contribution in [0, 0.1) is 11.8 Å². The van der Waals surface area contributed by atoms with Gasteiger partial charge in [0, 0.05) is 73.4 Å². The molecule has 2 aliphatic carbocycles. The fraction of sp³-hybridized carbons (Fsp3) is 0.578. The van der Waals surface area contributed by atoms with Gasteiger partial charge in [-0.15, -0.1) is 0 Å². The highest BCUT2D eigenvalue weighted by Gasteiger charge is 2.41. The molecule has 4 aliphatic rings. The SMILES string of the molecule is CC(C)(C)O[C@@H]1C[C@@H](CC(=O)Nc2ccc(-c3cnc(-c4ccc(NC(=O)C[C@@H]5C[C@@H](OC(C)(C)C)CN5C(=O)CC5CC5)cc4)o3)cc2)N(C(=O)CC2CC2)C1. The molecule has 0 radical (unpaired) electrons. The van der Waals surface area contributed by atoms with Crippen molar-refractivity contribution in [3.63, 3.8) is 0 Å². The van der Waals surface area contributed by atoms with Crippen molar-refractivity contribution in [2.75, 3.05) is 23.7 Å². The van der Waals surface area contributed by atoms with Crippen molar-refractivity contribution in [2.24, 2.45) is 11.8 Å². The number of nitrogens with zero attached hydrogens (tertiary/aromatic N) is 3. The Labute approximate surface area is 336 Å². The lowest BCUT2D eigenvalue weighted by Gasteiger charge is -2.25. The predicted octanol–water partition coefficient (Wildman–Crippen LogP) is 7.84. The first-order chi connectivity index (χ1) is 27.0. The molecule has 0 spiro atoms. The Morgan fingerprint density at radius 1 is 0.649 bits per heavy atom. The van der Waals surface area contributed by atoms with Gasteiger partial charge in [-0.25, -0.2) is 4.98 Å². The van der Waals surface area contributed by atoms with Crippen molar-refractivity contribution in [3.05, 3.63) is 54.7 Å². The zero-order valence-corrected chi connectivity index (χ0v) is 34.3. The van der Waals surface area contributed by atoms with Crippen molar-refractivity contribution in [3.8, 4) is 22.8 Å². The maximum atomic E-state index is 13.2. The molecule has 4 atom stereocenters. The van der Waals surface area contributed by atoms with Gasteiger partial charge in [-0.05, 0) is 140 Å². The Kier molecular flexibility index (Phi) is 11.9. The maximum absolute atomic E-state index is 13.2. The minimum Gasteiger partial charge on any atom is -0.436 e. The van der Waals surface area contributed by atoms with Crippen LogP contribution in [0.3, 0.4) is 0 Å². The van der Waals surface area contributed by atoms with Gasteiger partial charge in [-0.2, -0.15) is 0 Å². The lowest BCUT2D eigenvalue weighted by molar-refractivity contribution is -0.135. The van der Waals surface area contributed by atoms with E-state index in [0.29, 0.717) is 73.6 Å². The van der Waals surface area contributed by atoms with E-state index in [0.717, 1.165) is 36.8 Å². The van der Waals surface area contributed by atoms with E-state index in [2.05, 4.69) is 15.6 Å². The molecule has 3 aromatic rings. The van der Waals surface area contributed by atoms with Crippen LogP contribution >= 0.6 is 0 Å². The average Bonchev–Trinajstić information content (AvgIpc) is 3.99. The van der Waals surface area contributed by atoms with E-state index in [4.69, 9.17) is 13.9 Å². The summed E-state index contributed by atoms with van der Waals surface area (Å²) >= 11 is 0. The number of nitrogens with one attached hydrogen (secondary N) is 2. The van der Waals surface area contributed by atoms with Gasteiger partial charge in [0.2, 0.25) is 29.5 Å². The number of amides is 4. The maximum Gasteiger partial charge on any atom is 0.226 e. The molecule has 2 N–H and O–H groups in total. The molecule has 12 nitrogen and oxygen atoms in total. The third-order valence-corrected chi connectivity index (χ3v) is 11.0. The molecule has 306 valence electrons. The standard InChI is InChI=1S/C45H59N5O7/c1-44(2,3)56-36-21-34(49(26-36)41(53)19-28-7-8-28)23-39(51)47-32-15-11-30(12-16-32)38-25-46-43(55-38)31-13-17-33(18-14-31)48-40(52)24-35-22-37(57-45(4,5)6)27-50(35)42(54)20-29-9-10-29/h11-18,25,28-29,34-37H,7-10,19-24,26-27H2,1-6H3,(H,47,51)(H,48,52)/t34-,35-,36+,37+/m0/s1. The molecular weight excluding hydrogens is 723 g/mol. The molecule has 12 heteroatoms. The highest BCUT2D eigenvalue weighted by molar-refractivity contribution is 5.92. The van der Waals surface area contributed by atoms with E-state index in [-0.39, 0.29) is 72.0 Å². The van der Waals surface area contributed by atoms with Gasteiger partial charge in [0.05, 0.1) is 29.6 Å². The number of oxazole rings is 1. The monoisotopic (exact) mass is 781 g/mol. The summed E-state index contributed by atoms with van der Waals surface area (Å²) in [4.78, 5) is 60.8. The average molecular weight is 782 g/mol. The summed E-state index contributed by atoms with van der Waals surface area (Å²) in [5.41, 5.74) is 2.20. The van der Waals surface area contributed by atoms with E-state index >= 15 is 0 Å². The smallest absolute Gasteiger partial charge is 0.226 e. The molecule has 4 fully saturated rings. The van der Waals surface area contributed by atoms with E-state index in [1.54, 1.807) is 6.20 Å². The molecule has 4 amide bonds. The second kappa shape index (κ2) is 16.7. The highest BCUT2D eigenvalue weighted by atomic mass is 16.5. The fourth-order valence-electron chi connectivity index (χ4n) is 8.10. The Morgan fingerprint density at radius 2 is 1.07 bits per heavy atom. The number of hydrogen-bond donors (Lipinski definition) is 2.